The van der Waals surface area contributed by atoms with E-state index < -0.39 is 32.8 Å². The fraction of sp³-hybridized carbons (Fsp3) is 0.500. The summed E-state index contributed by atoms with van der Waals surface area (Å²) in [6.07, 6.45) is -4.99. The number of hydrogen-bond donors (Lipinski definition) is 1. The third-order valence-electron chi connectivity index (χ3n) is 3.49. The number of nitrogens with two attached hydrogens (primary N) is 1. The maximum atomic E-state index is 13.6. The highest BCUT2D eigenvalue weighted by Gasteiger charge is 2.43. The fourth-order valence-electron chi connectivity index (χ4n) is 2.28. The second-order valence-electron chi connectivity index (χ2n) is 4.91. The molecule has 9 heteroatoms. The Balaban J connectivity index is 2.21. The Bertz CT molecular complexity index is 623. The van der Waals surface area contributed by atoms with Crippen LogP contribution in [-0.2, 0) is 10.0 Å². The van der Waals surface area contributed by atoms with Crippen molar-refractivity contribution in [2.24, 2.45) is 5.92 Å². The molecule has 1 aliphatic heterocycles. The molecule has 0 saturated carbocycles. The highest BCUT2D eigenvalue weighted by Crippen LogP contribution is 2.35. The number of halogens is 4. The molecule has 4 nitrogen and oxygen atoms in total. The summed E-state index contributed by atoms with van der Waals surface area (Å²) in [5.41, 5.74) is 5.50. The molecule has 0 atom stereocenters. The summed E-state index contributed by atoms with van der Waals surface area (Å²) in [4.78, 5) is -0.604. The molecule has 0 amide bonds. The third kappa shape index (κ3) is 3.29. The van der Waals surface area contributed by atoms with Gasteiger partial charge >= 0.3 is 6.18 Å². The number of rotatable bonds is 2. The van der Waals surface area contributed by atoms with E-state index in [1.807, 2.05) is 0 Å². The Morgan fingerprint density at radius 2 is 1.76 bits per heavy atom. The number of benzene rings is 1. The van der Waals surface area contributed by atoms with Gasteiger partial charge in [0, 0.05) is 18.8 Å². The van der Waals surface area contributed by atoms with Crippen LogP contribution in [0.4, 0.5) is 23.2 Å². The molecule has 118 valence electrons. The number of sulfonamides is 1. The Morgan fingerprint density at radius 1 is 1.19 bits per heavy atom. The SMILES string of the molecule is Nc1ccc(F)c(S(=O)(=O)N2CCC(C(F)(F)F)CC2)c1. The second kappa shape index (κ2) is 5.45. The van der Waals surface area contributed by atoms with Crippen molar-refractivity contribution >= 4 is 15.7 Å². The zero-order chi connectivity index (χ0) is 15.8. The van der Waals surface area contributed by atoms with Crippen molar-refractivity contribution < 1.29 is 26.0 Å². The highest BCUT2D eigenvalue weighted by molar-refractivity contribution is 7.89. The lowest BCUT2D eigenvalue weighted by molar-refractivity contribution is -0.182. The molecule has 1 aromatic carbocycles. The van der Waals surface area contributed by atoms with Gasteiger partial charge in [0.1, 0.15) is 10.7 Å². The largest absolute Gasteiger partial charge is 0.399 e. The van der Waals surface area contributed by atoms with E-state index in [2.05, 4.69) is 0 Å². The monoisotopic (exact) mass is 326 g/mol. The average molecular weight is 326 g/mol. The molecule has 2 N–H and O–H groups in total. The molecule has 0 spiro atoms. The average Bonchev–Trinajstić information content (AvgIpc) is 2.40. The molecule has 1 fully saturated rings. The van der Waals surface area contributed by atoms with Gasteiger partial charge in [0.05, 0.1) is 5.92 Å². The molecule has 1 heterocycles. The molecule has 1 saturated heterocycles. The molecule has 0 radical (unpaired) electrons. The Labute approximate surface area is 119 Å². The number of hydrogen-bond acceptors (Lipinski definition) is 3. The van der Waals surface area contributed by atoms with E-state index in [9.17, 15) is 26.0 Å². The number of nitrogen functional groups attached to an aromatic ring is 1. The van der Waals surface area contributed by atoms with Gasteiger partial charge in [-0.3, -0.25) is 0 Å². The lowest BCUT2D eigenvalue weighted by atomic mass is 9.98. The quantitative estimate of drug-likeness (QED) is 0.670. The van der Waals surface area contributed by atoms with Crippen molar-refractivity contribution in [3.05, 3.63) is 24.0 Å². The minimum absolute atomic E-state index is 0.0696. The van der Waals surface area contributed by atoms with E-state index >= 15 is 0 Å². The standard InChI is InChI=1S/C12H14F4N2O2S/c13-10-2-1-9(17)7-11(10)21(19,20)18-5-3-8(4-6-18)12(14,15)16/h1-2,7-8H,3-6,17H2. The molecular weight excluding hydrogens is 312 g/mol. The van der Waals surface area contributed by atoms with Crippen LogP contribution in [0.25, 0.3) is 0 Å². The first kappa shape index (κ1) is 16.0. The number of alkyl halides is 3. The number of piperidine rings is 1. The van der Waals surface area contributed by atoms with Crippen LogP contribution in [0.5, 0.6) is 0 Å². The van der Waals surface area contributed by atoms with E-state index in [-0.39, 0.29) is 31.6 Å². The summed E-state index contributed by atoms with van der Waals surface area (Å²) >= 11 is 0. The first-order valence-corrected chi connectivity index (χ1v) is 7.68. The second-order valence-corrected chi connectivity index (χ2v) is 6.82. The Hall–Kier alpha value is -1.35. The van der Waals surface area contributed by atoms with E-state index in [4.69, 9.17) is 5.73 Å². The van der Waals surface area contributed by atoms with E-state index in [1.54, 1.807) is 0 Å². The van der Waals surface area contributed by atoms with Gasteiger partial charge in [0.2, 0.25) is 10.0 Å². The van der Waals surface area contributed by atoms with Crippen LogP contribution in [0.15, 0.2) is 23.1 Å². The summed E-state index contributed by atoms with van der Waals surface area (Å²) in [6.45, 7) is -0.582. The topological polar surface area (TPSA) is 63.4 Å². The van der Waals surface area contributed by atoms with Crippen molar-refractivity contribution in [2.45, 2.75) is 23.9 Å². The van der Waals surface area contributed by atoms with Crippen LogP contribution in [0.2, 0.25) is 0 Å². The Morgan fingerprint density at radius 3 is 2.29 bits per heavy atom. The maximum absolute atomic E-state index is 13.6. The normalized spacial score (nSPS) is 18.9. The van der Waals surface area contributed by atoms with Crippen LogP contribution in [0.3, 0.4) is 0 Å². The van der Waals surface area contributed by atoms with Gasteiger partial charge in [0.15, 0.2) is 0 Å². The number of nitrogens with zero attached hydrogens (tertiary/aromatic N) is 1. The Kier molecular flexibility index (Phi) is 4.16. The zero-order valence-electron chi connectivity index (χ0n) is 10.9. The van der Waals surface area contributed by atoms with Gasteiger partial charge in [-0.2, -0.15) is 17.5 Å². The molecule has 21 heavy (non-hydrogen) atoms. The zero-order valence-corrected chi connectivity index (χ0v) is 11.7. The van der Waals surface area contributed by atoms with Crippen molar-refractivity contribution in [1.29, 1.82) is 0 Å². The first-order valence-electron chi connectivity index (χ1n) is 6.24. The van der Waals surface area contributed by atoms with Crippen LogP contribution < -0.4 is 5.73 Å². The fourth-order valence-corrected chi connectivity index (χ4v) is 3.85. The van der Waals surface area contributed by atoms with Crippen LogP contribution in [0.1, 0.15) is 12.8 Å². The molecule has 2 rings (SSSR count). The van der Waals surface area contributed by atoms with Gasteiger partial charge in [-0.1, -0.05) is 0 Å². The smallest absolute Gasteiger partial charge is 0.391 e. The molecule has 0 unspecified atom stereocenters. The van der Waals surface area contributed by atoms with E-state index in [0.717, 1.165) is 16.4 Å². The van der Waals surface area contributed by atoms with Crippen LogP contribution in [-0.4, -0.2) is 32.0 Å². The van der Waals surface area contributed by atoms with Crippen LogP contribution in [0, 0.1) is 11.7 Å². The summed E-state index contributed by atoms with van der Waals surface area (Å²) in [5.74, 6) is -2.49. The lowest BCUT2D eigenvalue weighted by Gasteiger charge is -2.32. The van der Waals surface area contributed by atoms with Crippen molar-refractivity contribution in [3.63, 3.8) is 0 Å². The molecule has 0 aromatic heterocycles. The molecule has 0 aliphatic carbocycles. The summed E-state index contributed by atoms with van der Waals surface area (Å²) < 4.78 is 76.7. The van der Waals surface area contributed by atoms with Crippen LogP contribution >= 0.6 is 0 Å². The van der Waals surface area contributed by atoms with Gasteiger partial charge in [-0.15, -0.1) is 0 Å². The van der Waals surface area contributed by atoms with Crippen molar-refractivity contribution in [2.75, 3.05) is 18.8 Å². The van der Waals surface area contributed by atoms with Gasteiger partial charge in [-0.25, -0.2) is 12.8 Å². The molecular formula is C12H14F4N2O2S. The molecule has 0 bridgehead atoms. The maximum Gasteiger partial charge on any atom is 0.391 e. The summed E-state index contributed by atoms with van der Waals surface area (Å²) in [7, 11) is -4.17. The van der Waals surface area contributed by atoms with Crippen molar-refractivity contribution in [3.8, 4) is 0 Å². The first-order chi connectivity index (χ1) is 9.62. The van der Waals surface area contributed by atoms with Gasteiger partial charge < -0.3 is 5.73 Å². The highest BCUT2D eigenvalue weighted by atomic mass is 32.2. The minimum Gasteiger partial charge on any atom is -0.399 e. The van der Waals surface area contributed by atoms with E-state index in [1.165, 1.54) is 6.07 Å². The van der Waals surface area contributed by atoms with E-state index in [0.29, 0.717) is 0 Å². The van der Waals surface area contributed by atoms with Crippen molar-refractivity contribution in [1.82, 2.24) is 4.31 Å². The molecule has 1 aliphatic rings. The predicted molar refractivity (Wildman–Crippen MR) is 68.4 cm³/mol. The summed E-state index contributed by atoms with van der Waals surface area (Å²) in [6, 6.07) is 3.11. The minimum atomic E-state index is -4.34. The van der Waals surface area contributed by atoms with Gasteiger partial charge in [0.25, 0.3) is 0 Å². The third-order valence-corrected chi connectivity index (χ3v) is 5.40. The predicted octanol–water partition coefficient (Wildman–Crippen LogP) is 2.37. The number of anilines is 1. The lowest BCUT2D eigenvalue weighted by Crippen LogP contribution is -2.42. The molecule has 1 aromatic rings. The van der Waals surface area contributed by atoms with Gasteiger partial charge in [-0.05, 0) is 31.0 Å². The summed E-state index contributed by atoms with van der Waals surface area (Å²) in [5, 5.41) is 0.